The minimum Gasteiger partial charge on any atom is -0.326 e. The number of rotatable bonds is 6. The van der Waals surface area contributed by atoms with Crippen molar-refractivity contribution in [2.75, 3.05) is 11.1 Å². The number of aryl methyl sites for hydroxylation is 1. The number of nitrogens with one attached hydrogen (secondary N) is 1. The summed E-state index contributed by atoms with van der Waals surface area (Å²) in [6.07, 6.45) is 0.485. The van der Waals surface area contributed by atoms with E-state index in [1.807, 2.05) is 42.5 Å². The van der Waals surface area contributed by atoms with Crippen molar-refractivity contribution in [3.05, 3.63) is 78.4 Å². The fraction of sp³-hybridized carbons (Fsp3) is 0.130. The lowest BCUT2D eigenvalue weighted by molar-refractivity contribution is -0.115. The minimum absolute atomic E-state index is 0.0339. The van der Waals surface area contributed by atoms with Gasteiger partial charge in [0.2, 0.25) is 5.91 Å². The zero-order valence-corrected chi connectivity index (χ0v) is 17.1. The van der Waals surface area contributed by atoms with Crippen molar-refractivity contribution in [2.24, 2.45) is 0 Å². The molecule has 0 spiro atoms. The first kappa shape index (κ1) is 18.7. The maximum Gasteiger partial charge on any atom is 0.225 e. The van der Waals surface area contributed by atoms with Gasteiger partial charge < -0.3 is 5.32 Å². The molecule has 1 amide bonds. The molecule has 1 aromatic heterocycles. The van der Waals surface area contributed by atoms with E-state index < -0.39 is 0 Å². The standard InChI is InChI=1S/C23H20N2OS2/c1-16-7-12-20-21(15-16)28-23(25-20)17-8-10-18(11-9-17)24-22(26)13-14-27-19-5-3-2-4-6-19/h2-12,15H,13-14H2,1H3,(H,24,26). The highest BCUT2D eigenvalue weighted by Gasteiger charge is 2.08. The lowest BCUT2D eigenvalue weighted by atomic mass is 10.2. The average molecular weight is 405 g/mol. The van der Waals surface area contributed by atoms with Crippen LogP contribution < -0.4 is 5.32 Å². The Morgan fingerprint density at radius 1 is 1.04 bits per heavy atom. The Hall–Kier alpha value is -2.63. The van der Waals surface area contributed by atoms with E-state index in [4.69, 9.17) is 4.98 Å². The highest BCUT2D eigenvalue weighted by atomic mass is 32.2. The summed E-state index contributed by atoms with van der Waals surface area (Å²) in [6, 6.07) is 24.4. The van der Waals surface area contributed by atoms with Crippen molar-refractivity contribution in [3.8, 4) is 10.6 Å². The summed E-state index contributed by atoms with van der Waals surface area (Å²) < 4.78 is 1.20. The Labute approximate surface area is 172 Å². The molecule has 0 saturated heterocycles. The van der Waals surface area contributed by atoms with Gasteiger partial charge in [0.05, 0.1) is 10.2 Å². The fourth-order valence-corrected chi connectivity index (χ4v) is 4.80. The maximum absolute atomic E-state index is 12.2. The molecular weight excluding hydrogens is 384 g/mol. The van der Waals surface area contributed by atoms with Gasteiger partial charge in [-0.05, 0) is 61.0 Å². The number of fused-ring (bicyclic) bond motifs is 1. The highest BCUT2D eigenvalue weighted by molar-refractivity contribution is 7.99. The van der Waals surface area contributed by atoms with Crippen LogP contribution in [0.3, 0.4) is 0 Å². The van der Waals surface area contributed by atoms with Gasteiger partial charge >= 0.3 is 0 Å². The Morgan fingerprint density at radius 2 is 1.82 bits per heavy atom. The van der Waals surface area contributed by atoms with Crippen molar-refractivity contribution in [1.29, 1.82) is 0 Å². The van der Waals surface area contributed by atoms with Crippen molar-refractivity contribution < 1.29 is 4.79 Å². The molecule has 4 rings (SSSR count). The molecule has 0 fully saturated rings. The molecule has 0 bridgehead atoms. The van der Waals surface area contributed by atoms with E-state index in [9.17, 15) is 4.79 Å². The van der Waals surface area contributed by atoms with Crippen molar-refractivity contribution in [2.45, 2.75) is 18.2 Å². The summed E-state index contributed by atoms with van der Waals surface area (Å²) in [7, 11) is 0. The van der Waals surface area contributed by atoms with Gasteiger partial charge in [-0.15, -0.1) is 23.1 Å². The number of nitrogens with zero attached hydrogens (tertiary/aromatic N) is 1. The molecule has 4 aromatic rings. The van der Waals surface area contributed by atoms with Crippen LogP contribution in [0.25, 0.3) is 20.8 Å². The van der Waals surface area contributed by atoms with E-state index >= 15 is 0 Å². The van der Waals surface area contributed by atoms with Crippen LogP contribution >= 0.6 is 23.1 Å². The zero-order chi connectivity index (χ0) is 19.3. The summed E-state index contributed by atoms with van der Waals surface area (Å²) in [4.78, 5) is 18.1. The molecular formula is C23H20N2OS2. The molecule has 1 N–H and O–H groups in total. The summed E-state index contributed by atoms with van der Waals surface area (Å²) in [6.45, 7) is 2.09. The van der Waals surface area contributed by atoms with Gasteiger partial charge in [0.1, 0.15) is 5.01 Å². The number of aromatic nitrogens is 1. The molecule has 140 valence electrons. The monoisotopic (exact) mass is 404 g/mol. The number of benzene rings is 3. The van der Waals surface area contributed by atoms with Crippen LogP contribution in [-0.2, 0) is 4.79 Å². The van der Waals surface area contributed by atoms with Crippen LogP contribution in [-0.4, -0.2) is 16.6 Å². The molecule has 0 aliphatic rings. The first-order valence-electron chi connectivity index (χ1n) is 9.13. The lowest BCUT2D eigenvalue weighted by Gasteiger charge is -2.06. The second-order valence-electron chi connectivity index (χ2n) is 6.53. The number of thiazole rings is 1. The molecule has 0 aliphatic carbocycles. The van der Waals surface area contributed by atoms with Crippen molar-refractivity contribution >= 4 is 44.9 Å². The van der Waals surface area contributed by atoms with E-state index in [0.29, 0.717) is 6.42 Å². The summed E-state index contributed by atoms with van der Waals surface area (Å²) in [5, 5.41) is 3.97. The SMILES string of the molecule is Cc1ccc2nc(-c3ccc(NC(=O)CCSc4ccccc4)cc3)sc2c1. The smallest absolute Gasteiger partial charge is 0.225 e. The normalized spacial score (nSPS) is 10.9. The van der Waals surface area contributed by atoms with Crippen LogP contribution in [0.15, 0.2) is 77.7 Å². The topological polar surface area (TPSA) is 42.0 Å². The van der Waals surface area contributed by atoms with Crippen LogP contribution in [0.5, 0.6) is 0 Å². The number of thioether (sulfide) groups is 1. The largest absolute Gasteiger partial charge is 0.326 e. The Balaban J connectivity index is 1.35. The summed E-state index contributed by atoms with van der Waals surface area (Å²) in [5.41, 5.74) is 4.15. The fourth-order valence-electron chi connectivity index (χ4n) is 2.85. The highest BCUT2D eigenvalue weighted by Crippen LogP contribution is 2.31. The molecule has 0 saturated carbocycles. The number of amides is 1. The third-order valence-corrected chi connectivity index (χ3v) is 6.38. The molecule has 1 heterocycles. The van der Waals surface area contributed by atoms with Gasteiger partial charge in [0, 0.05) is 28.3 Å². The number of carbonyl (C=O) groups excluding carboxylic acids is 1. The number of hydrogen-bond acceptors (Lipinski definition) is 4. The van der Waals surface area contributed by atoms with Crippen molar-refractivity contribution in [1.82, 2.24) is 4.98 Å². The third kappa shape index (κ3) is 4.61. The first-order valence-corrected chi connectivity index (χ1v) is 10.9. The van der Waals surface area contributed by atoms with E-state index in [-0.39, 0.29) is 5.91 Å². The number of hydrogen-bond donors (Lipinski definition) is 1. The Morgan fingerprint density at radius 3 is 2.61 bits per heavy atom. The van der Waals surface area contributed by atoms with E-state index in [2.05, 4.69) is 42.6 Å². The quantitative estimate of drug-likeness (QED) is 0.378. The number of carbonyl (C=O) groups is 1. The second-order valence-corrected chi connectivity index (χ2v) is 8.73. The molecule has 0 atom stereocenters. The van der Waals surface area contributed by atoms with E-state index in [0.717, 1.165) is 27.5 Å². The maximum atomic E-state index is 12.2. The average Bonchev–Trinajstić information content (AvgIpc) is 3.12. The third-order valence-electron chi connectivity index (χ3n) is 4.30. The predicted molar refractivity (Wildman–Crippen MR) is 120 cm³/mol. The molecule has 28 heavy (non-hydrogen) atoms. The van der Waals surface area contributed by atoms with Gasteiger partial charge in [-0.1, -0.05) is 24.3 Å². The van der Waals surface area contributed by atoms with Gasteiger partial charge in [0.25, 0.3) is 0 Å². The van der Waals surface area contributed by atoms with E-state index in [1.165, 1.54) is 15.2 Å². The van der Waals surface area contributed by atoms with Gasteiger partial charge in [-0.25, -0.2) is 4.98 Å². The summed E-state index contributed by atoms with van der Waals surface area (Å²) in [5.74, 6) is 0.797. The molecule has 0 unspecified atom stereocenters. The van der Waals surface area contributed by atoms with Crippen LogP contribution in [0, 0.1) is 6.92 Å². The number of anilines is 1. The molecule has 3 aromatic carbocycles. The van der Waals surface area contributed by atoms with Crippen LogP contribution in [0.4, 0.5) is 5.69 Å². The molecule has 5 heteroatoms. The zero-order valence-electron chi connectivity index (χ0n) is 15.5. The van der Waals surface area contributed by atoms with E-state index in [1.54, 1.807) is 23.1 Å². The first-order chi connectivity index (χ1) is 13.7. The second kappa shape index (κ2) is 8.59. The Kier molecular flexibility index (Phi) is 5.74. The van der Waals surface area contributed by atoms with Crippen LogP contribution in [0.1, 0.15) is 12.0 Å². The predicted octanol–water partition coefficient (Wildman–Crippen LogP) is 6.39. The Bertz CT molecular complexity index is 1090. The van der Waals surface area contributed by atoms with Crippen molar-refractivity contribution in [3.63, 3.8) is 0 Å². The minimum atomic E-state index is 0.0339. The van der Waals surface area contributed by atoms with Crippen LogP contribution in [0.2, 0.25) is 0 Å². The van der Waals surface area contributed by atoms with Gasteiger partial charge in [0.15, 0.2) is 0 Å². The molecule has 0 aliphatic heterocycles. The molecule has 3 nitrogen and oxygen atoms in total. The van der Waals surface area contributed by atoms with Gasteiger partial charge in [-0.3, -0.25) is 4.79 Å². The van der Waals surface area contributed by atoms with Gasteiger partial charge in [-0.2, -0.15) is 0 Å². The molecule has 0 radical (unpaired) electrons. The summed E-state index contributed by atoms with van der Waals surface area (Å²) >= 11 is 3.39. The lowest BCUT2D eigenvalue weighted by Crippen LogP contribution is -2.12.